The molecule has 1 aromatic rings. The fraction of sp³-hybridized carbons (Fsp3) is 0.400. The molecule has 78 valence electrons. The van der Waals surface area contributed by atoms with E-state index in [1.807, 2.05) is 12.1 Å². The monoisotopic (exact) mass is 232 g/mol. The minimum Gasteiger partial charge on any atom is -0.384 e. The molecule has 0 aliphatic heterocycles. The summed E-state index contributed by atoms with van der Waals surface area (Å²) in [6.07, 6.45) is 0. The van der Waals surface area contributed by atoms with E-state index in [1.165, 1.54) is 0 Å². The maximum Gasteiger partial charge on any atom is 0.0652 e. The van der Waals surface area contributed by atoms with Crippen LogP contribution in [0.4, 0.5) is 5.69 Å². The van der Waals surface area contributed by atoms with Crippen molar-refractivity contribution in [1.29, 1.82) is 0 Å². The second-order valence-electron chi connectivity index (χ2n) is 3.35. The Kier molecular flexibility index (Phi) is 4.52. The van der Waals surface area contributed by atoms with Crippen LogP contribution in [0.3, 0.4) is 0 Å². The molecule has 0 saturated heterocycles. The third kappa shape index (κ3) is 3.37. The van der Waals surface area contributed by atoms with Crippen LogP contribution in [0.2, 0.25) is 10.0 Å². The average molecular weight is 233 g/mol. The summed E-state index contributed by atoms with van der Waals surface area (Å²) < 4.78 is 0. The molecule has 0 aliphatic rings. The molecular weight excluding hydrogens is 219 g/mol. The maximum atomic E-state index is 5.98. The van der Waals surface area contributed by atoms with Crippen molar-refractivity contribution in [1.82, 2.24) is 0 Å². The van der Waals surface area contributed by atoms with Crippen LogP contribution in [0.25, 0.3) is 0 Å². The van der Waals surface area contributed by atoms with Gasteiger partial charge in [0.25, 0.3) is 0 Å². The fourth-order valence-corrected chi connectivity index (χ4v) is 1.48. The third-order valence-corrected chi connectivity index (χ3v) is 2.52. The van der Waals surface area contributed by atoms with E-state index in [0.717, 1.165) is 12.2 Å². The highest BCUT2D eigenvalue weighted by Crippen LogP contribution is 2.25. The Hall–Kier alpha value is -0.440. The molecule has 4 heteroatoms. The highest BCUT2D eigenvalue weighted by Gasteiger charge is 2.02. The normalized spacial score (nSPS) is 12.6. The van der Waals surface area contributed by atoms with Crippen molar-refractivity contribution in [3.63, 3.8) is 0 Å². The SMILES string of the molecule is CC(CN)CNc1ccc(Cl)cc1Cl. The predicted molar refractivity (Wildman–Crippen MR) is 63.2 cm³/mol. The summed E-state index contributed by atoms with van der Waals surface area (Å²) in [4.78, 5) is 0. The largest absolute Gasteiger partial charge is 0.384 e. The molecular formula is C10H14Cl2N2. The van der Waals surface area contributed by atoms with E-state index >= 15 is 0 Å². The van der Waals surface area contributed by atoms with E-state index < -0.39 is 0 Å². The smallest absolute Gasteiger partial charge is 0.0652 e. The number of hydrogen-bond acceptors (Lipinski definition) is 2. The van der Waals surface area contributed by atoms with Crippen LogP contribution in [0.1, 0.15) is 6.92 Å². The zero-order valence-corrected chi connectivity index (χ0v) is 9.57. The highest BCUT2D eigenvalue weighted by atomic mass is 35.5. The van der Waals surface area contributed by atoms with Crippen molar-refractivity contribution in [3.05, 3.63) is 28.2 Å². The molecule has 0 aliphatic carbocycles. The number of anilines is 1. The second kappa shape index (κ2) is 5.44. The Labute approximate surface area is 94.4 Å². The first kappa shape index (κ1) is 11.6. The van der Waals surface area contributed by atoms with Crippen molar-refractivity contribution in [2.45, 2.75) is 6.92 Å². The number of hydrogen-bond donors (Lipinski definition) is 2. The molecule has 2 nitrogen and oxygen atoms in total. The molecule has 0 spiro atoms. The van der Waals surface area contributed by atoms with Crippen LogP contribution in [0.15, 0.2) is 18.2 Å². The zero-order valence-electron chi connectivity index (χ0n) is 8.06. The Morgan fingerprint density at radius 1 is 1.43 bits per heavy atom. The van der Waals surface area contributed by atoms with Gasteiger partial charge in [0.1, 0.15) is 0 Å². The molecule has 1 rings (SSSR count). The summed E-state index contributed by atoms with van der Waals surface area (Å²) >= 11 is 11.8. The first-order valence-electron chi connectivity index (χ1n) is 4.52. The first-order chi connectivity index (χ1) is 6.63. The van der Waals surface area contributed by atoms with E-state index in [4.69, 9.17) is 28.9 Å². The fourth-order valence-electron chi connectivity index (χ4n) is 1.00. The molecule has 0 radical (unpaired) electrons. The second-order valence-corrected chi connectivity index (χ2v) is 4.19. The summed E-state index contributed by atoms with van der Waals surface area (Å²) in [7, 11) is 0. The van der Waals surface area contributed by atoms with Gasteiger partial charge in [0.2, 0.25) is 0 Å². The van der Waals surface area contributed by atoms with Gasteiger partial charge in [0, 0.05) is 11.6 Å². The zero-order chi connectivity index (χ0) is 10.6. The quantitative estimate of drug-likeness (QED) is 0.838. The van der Waals surface area contributed by atoms with E-state index in [2.05, 4.69) is 12.2 Å². The van der Waals surface area contributed by atoms with Crippen LogP contribution in [0, 0.1) is 5.92 Å². The topological polar surface area (TPSA) is 38.0 Å². The minimum absolute atomic E-state index is 0.432. The molecule has 0 saturated carbocycles. The van der Waals surface area contributed by atoms with Gasteiger partial charge in [-0.25, -0.2) is 0 Å². The predicted octanol–water partition coefficient (Wildman–Crippen LogP) is 3.00. The van der Waals surface area contributed by atoms with Crippen molar-refractivity contribution in [2.75, 3.05) is 18.4 Å². The molecule has 0 fully saturated rings. The van der Waals surface area contributed by atoms with Crippen LogP contribution in [-0.2, 0) is 0 Å². The van der Waals surface area contributed by atoms with Crippen LogP contribution in [0.5, 0.6) is 0 Å². The minimum atomic E-state index is 0.432. The number of nitrogens with one attached hydrogen (secondary N) is 1. The van der Waals surface area contributed by atoms with Gasteiger partial charge in [-0.3, -0.25) is 0 Å². The van der Waals surface area contributed by atoms with Gasteiger partial charge in [-0.05, 0) is 30.7 Å². The molecule has 0 aromatic heterocycles. The lowest BCUT2D eigenvalue weighted by Crippen LogP contribution is -2.19. The summed E-state index contributed by atoms with van der Waals surface area (Å²) in [5, 5.41) is 4.51. The van der Waals surface area contributed by atoms with Crippen molar-refractivity contribution >= 4 is 28.9 Å². The molecule has 3 N–H and O–H groups in total. The van der Waals surface area contributed by atoms with Gasteiger partial charge in [0.05, 0.1) is 10.7 Å². The maximum absolute atomic E-state index is 5.98. The number of halogens is 2. The first-order valence-corrected chi connectivity index (χ1v) is 5.28. The summed E-state index contributed by atoms with van der Waals surface area (Å²) in [5.74, 6) is 0.432. The molecule has 0 amide bonds. The van der Waals surface area contributed by atoms with Crippen LogP contribution in [-0.4, -0.2) is 13.1 Å². The van der Waals surface area contributed by atoms with Gasteiger partial charge in [-0.1, -0.05) is 30.1 Å². The lowest BCUT2D eigenvalue weighted by Gasteiger charge is -2.12. The molecule has 1 unspecified atom stereocenters. The van der Waals surface area contributed by atoms with Gasteiger partial charge in [-0.2, -0.15) is 0 Å². The third-order valence-electron chi connectivity index (χ3n) is 1.97. The summed E-state index contributed by atoms with van der Waals surface area (Å²) in [6.45, 7) is 3.56. The Morgan fingerprint density at radius 3 is 2.71 bits per heavy atom. The molecule has 1 atom stereocenters. The molecule has 0 heterocycles. The van der Waals surface area contributed by atoms with Gasteiger partial charge >= 0.3 is 0 Å². The lowest BCUT2D eigenvalue weighted by atomic mass is 10.2. The van der Waals surface area contributed by atoms with Crippen LogP contribution < -0.4 is 11.1 Å². The highest BCUT2D eigenvalue weighted by molar-refractivity contribution is 6.36. The van der Waals surface area contributed by atoms with E-state index in [0.29, 0.717) is 22.5 Å². The molecule has 14 heavy (non-hydrogen) atoms. The van der Waals surface area contributed by atoms with Gasteiger partial charge in [-0.15, -0.1) is 0 Å². The number of nitrogens with two attached hydrogens (primary N) is 1. The Balaban J connectivity index is 2.59. The molecule has 1 aromatic carbocycles. The lowest BCUT2D eigenvalue weighted by molar-refractivity contribution is 0.628. The summed E-state index contributed by atoms with van der Waals surface area (Å²) in [5.41, 5.74) is 6.40. The van der Waals surface area contributed by atoms with Crippen molar-refractivity contribution in [3.8, 4) is 0 Å². The summed E-state index contributed by atoms with van der Waals surface area (Å²) in [6, 6.07) is 5.40. The Bertz CT molecular complexity index is 302. The molecule has 0 bridgehead atoms. The standard InChI is InChI=1S/C10H14Cl2N2/c1-7(5-13)6-14-10-3-2-8(11)4-9(10)12/h2-4,7,14H,5-6,13H2,1H3. The van der Waals surface area contributed by atoms with E-state index in [-0.39, 0.29) is 0 Å². The average Bonchev–Trinajstić information content (AvgIpc) is 2.16. The van der Waals surface area contributed by atoms with Gasteiger partial charge in [0.15, 0.2) is 0 Å². The van der Waals surface area contributed by atoms with E-state index in [1.54, 1.807) is 6.07 Å². The van der Waals surface area contributed by atoms with Crippen LogP contribution >= 0.6 is 23.2 Å². The van der Waals surface area contributed by atoms with Crippen molar-refractivity contribution in [2.24, 2.45) is 11.7 Å². The number of benzene rings is 1. The van der Waals surface area contributed by atoms with E-state index in [9.17, 15) is 0 Å². The van der Waals surface area contributed by atoms with Crippen molar-refractivity contribution < 1.29 is 0 Å². The Morgan fingerprint density at radius 2 is 2.14 bits per heavy atom. The number of rotatable bonds is 4. The van der Waals surface area contributed by atoms with Gasteiger partial charge < -0.3 is 11.1 Å².